The fourth-order valence-electron chi connectivity index (χ4n) is 2.86. The highest BCUT2D eigenvalue weighted by atomic mass is 19.1. The van der Waals surface area contributed by atoms with Crippen LogP contribution >= 0.6 is 0 Å². The summed E-state index contributed by atoms with van der Waals surface area (Å²) in [5.74, 6) is -0.628. The first-order chi connectivity index (χ1) is 11.9. The van der Waals surface area contributed by atoms with E-state index in [1.807, 2.05) is 0 Å². The van der Waals surface area contributed by atoms with Crippen LogP contribution in [0, 0.1) is 5.82 Å². The number of nitrogens with zero attached hydrogens (tertiary/aromatic N) is 1. The number of ether oxygens (including phenoxy) is 1. The van der Waals surface area contributed by atoms with Gasteiger partial charge in [-0.05, 0) is 31.0 Å². The molecule has 1 aromatic carbocycles. The minimum absolute atomic E-state index is 0.0105. The van der Waals surface area contributed by atoms with Crippen molar-refractivity contribution < 1.29 is 23.8 Å². The first-order valence-corrected chi connectivity index (χ1v) is 8.15. The molecule has 8 heteroatoms. The fraction of sp³-hybridized carbons (Fsp3) is 0.529. The summed E-state index contributed by atoms with van der Waals surface area (Å²) in [5.41, 5.74) is -1.27. The number of carbonyl (C=O) groups is 2. The van der Waals surface area contributed by atoms with Gasteiger partial charge in [0.05, 0.1) is 13.7 Å². The van der Waals surface area contributed by atoms with E-state index in [9.17, 15) is 19.1 Å². The van der Waals surface area contributed by atoms with Gasteiger partial charge in [-0.2, -0.15) is 0 Å². The number of halogens is 1. The van der Waals surface area contributed by atoms with Gasteiger partial charge in [-0.1, -0.05) is 0 Å². The molecule has 25 heavy (non-hydrogen) atoms. The predicted molar refractivity (Wildman–Crippen MR) is 89.5 cm³/mol. The lowest BCUT2D eigenvalue weighted by Crippen LogP contribution is -2.58. The van der Waals surface area contributed by atoms with Crippen molar-refractivity contribution in [3.05, 3.63) is 29.6 Å². The highest BCUT2D eigenvalue weighted by Gasteiger charge is 2.42. The van der Waals surface area contributed by atoms with Crippen molar-refractivity contribution in [2.24, 2.45) is 0 Å². The molecule has 0 bridgehead atoms. The van der Waals surface area contributed by atoms with Crippen LogP contribution in [0.25, 0.3) is 0 Å². The number of methoxy groups -OCH3 is 1. The molecule has 1 aliphatic heterocycles. The molecule has 0 unspecified atom stereocenters. The number of piperidine rings is 1. The molecule has 1 aliphatic rings. The normalized spacial score (nSPS) is 20.5. The number of nitrogens with one attached hydrogen (secondary N) is 2. The molecule has 0 spiro atoms. The Morgan fingerprint density at radius 2 is 2.24 bits per heavy atom. The van der Waals surface area contributed by atoms with Crippen molar-refractivity contribution in [1.82, 2.24) is 15.5 Å². The third-order valence-electron chi connectivity index (χ3n) is 4.30. The first-order valence-electron chi connectivity index (χ1n) is 8.15. The highest BCUT2D eigenvalue weighted by molar-refractivity contribution is 5.86. The number of hydrogen-bond acceptors (Lipinski definition) is 5. The molecule has 138 valence electrons. The second kappa shape index (κ2) is 8.26. The maximum atomic E-state index is 14.0. The van der Waals surface area contributed by atoms with Crippen molar-refractivity contribution in [1.29, 1.82) is 0 Å². The van der Waals surface area contributed by atoms with Crippen molar-refractivity contribution >= 4 is 11.8 Å². The zero-order chi connectivity index (χ0) is 18.4. The molecule has 1 heterocycles. The van der Waals surface area contributed by atoms with E-state index in [0.29, 0.717) is 30.7 Å². The standard InChI is InChI=1S/C17H24FN3O4/c1-19-15(22)9-20-11-17(24)6-3-7-21(16(17)23)10-12-8-13(25-2)4-5-14(12)18/h4-5,8,20,24H,3,6-7,9-11H2,1-2H3,(H,19,22)/t17-/m0/s1. The summed E-state index contributed by atoms with van der Waals surface area (Å²) >= 11 is 0. The van der Waals surface area contributed by atoms with Gasteiger partial charge in [0.1, 0.15) is 11.6 Å². The Morgan fingerprint density at radius 1 is 1.48 bits per heavy atom. The topological polar surface area (TPSA) is 90.9 Å². The van der Waals surface area contributed by atoms with Crippen LogP contribution in [0.4, 0.5) is 4.39 Å². The second-order valence-corrected chi connectivity index (χ2v) is 6.10. The lowest BCUT2D eigenvalue weighted by atomic mass is 9.91. The molecule has 1 atom stereocenters. The first kappa shape index (κ1) is 19.1. The van der Waals surface area contributed by atoms with E-state index in [0.717, 1.165) is 0 Å². The van der Waals surface area contributed by atoms with Gasteiger partial charge in [0, 0.05) is 32.2 Å². The van der Waals surface area contributed by atoms with Crippen LogP contribution in [0.5, 0.6) is 5.75 Å². The fourth-order valence-corrected chi connectivity index (χ4v) is 2.86. The van der Waals surface area contributed by atoms with E-state index in [1.54, 1.807) is 6.07 Å². The van der Waals surface area contributed by atoms with Gasteiger partial charge in [0.2, 0.25) is 5.91 Å². The molecule has 0 saturated carbocycles. The maximum Gasteiger partial charge on any atom is 0.256 e. The Kier molecular flexibility index (Phi) is 6.33. The summed E-state index contributed by atoms with van der Waals surface area (Å²) in [6.07, 6.45) is 0.888. The molecule has 2 rings (SSSR count). The number of carbonyl (C=O) groups excluding carboxylic acids is 2. The van der Waals surface area contributed by atoms with Gasteiger partial charge in [0.15, 0.2) is 5.60 Å². The molecule has 3 N–H and O–H groups in total. The predicted octanol–water partition coefficient (Wildman–Crippen LogP) is 0.0234. The van der Waals surface area contributed by atoms with E-state index >= 15 is 0 Å². The van der Waals surface area contributed by atoms with Gasteiger partial charge >= 0.3 is 0 Å². The maximum absolute atomic E-state index is 14.0. The van der Waals surface area contributed by atoms with Crippen LogP contribution in [-0.2, 0) is 16.1 Å². The molecular weight excluding hydrogens is 329 g/mol. The number of likely N-dealkylation sites (tertiary alicyclic amines) is 1. The van der Waals surface area contributed by atoms with Gasteiger partial charge in [-0.15, -0.1) is 0 Å². The Morgan fingerprint density at radius 3 is 2.92 bits per heavy atom. The molecule has 1 aromatic rings. The number of benzene rings is 1. The van der Waals surface area contributed by atoms with Gasteiger partial charge in [-0.3, -0.25) is 9.59 Å². The summed E-state index contributed by atoms with van der Waals surface area (Å²) in [6.45, 7) is 0.472. The van der Waals surface area contributed by atoms with Crippen LogP contribution in [0.1, 0.15) is 18.4 Å². The molecule has 1 saturated heterocycles. The molecule has 0 aromatic heterocycles. The molecule has 2 amide bonds. The van der Waals surface area contributed by atoms with Crippen LogP contribution in [0.2, 0.25) is 0 Å². The van der Waals surface area contributed by atoms with Crippen LogP contribution in [0.15, 0.2) is 18.2 Å². The smallest absolute Gasteiger partial charge is 0.256 e. The third kappa shape index (κ3) is 4.67. The average Bonchev–Trinajstić information content (AvgIpc) is 2.60. The molecular formula is C17H24FN3O4. The zero-order valence-corrected chi connectivity index (χ0v) is 14.5. The summed E-state index contributed by atoms with van der Waals surface area (Å²) < 4.78 is 19.1. The summed E-state index contributed by atoms with van der Waals surface area (Å²) in [7, 11) is 2.99. The highest BCUT2D eigenvalue weighted by Crippen LogP contribution is 2.25. The molecule has 0 aliphatic carbocycles. The monoisotopic (exact) mass is 353 g/mol. The van der Waals surface area contributed by atoms with E-state index < -0.39 is 17.3 Å². The number of rotatable bonds is 7. The number of hydrogen-bond donors (Lipinski definition) is 3. The Labute approximate surface area is 146 Å². The van der Waals surface area contributed by atoms with Crippen molar-refractivity contribution in [2.75, 3.05) is 33.8 Å². The van der Waals surface area contributed by atoms with Crippen LogP contribution < -0.4 is 15.4 Å². The number of likely N-dealkylation sites (N-methyl/N-ethyl adjacent to an activating group) is 1. The molecule has 0 radical (unpaired) electrons. The zero-order valence-electron chi connectivity index (χ0n) is 14.5. The second-order valence-electron chi connectivity index (χ2n) is 6.10. The third-order valence-corrected chi connectivity index (χ3v) is 4.30. The molecule has 1 fully saturated rings. The van der Waals surface area contributed by atoms with Crippen LogP contribution in [0.3, 0.4) is 0 Å². The Balaban J connectivity index is 2.05. The van der Waals surface area contributed by atoms with Crippen LogP contribution in [-0.4, -0.2) is 61.2 Å². The SMILES string of the molecule is CNC(=O)CNC[C@@]1(O)CCCN(Cc2cc(OC)ccc2F)C1=O. The summed E-state index contributed by atoms with van der Waals surface area (Å²) in [5, 5.41) is 15.9. The average molecular weight is 353 g/mol. The number of aliphatic hydroxyl groups is 1. The van der Waals surface area contributed by atoms with E-state index in [-0.39, 0.29) is 25.5 Å². The summed E-state index contributed by atoms with van der Waals surface area (Å²) in [4.78, 5) is 25.3. The number of amides is 2. The summed E-state index contributed by atoms with van der Waals surface area (Å²) in [6, 6.07) is 4.34. The minimum atomic E-state index is -1.60. The Hall–Kier alpha value is -2.19. The van der Waals surface area contributed by atoms with Gasteiger partial charge in [-0.25, -0.2) is 4.39 Å². The Bertz CT molecular complexity index is 640. The van der Waals surface area contributed by atoms with Gasteiger partial charge in [0.25, 0.3) is 5.91 Å². The van der Waals surface area contributed by atoms with Gasteiger partial charge < -0.3 is 25.4 Å². The van der Waals surface area contributed by atoms with E-state index in [2.05, 4.69) is 10.6 Å². The lowest BCUT2D eigenvalue weighted by molar-refractivity contribution is -0.157. The van der Waals surface area contributed by atoms with Crippen molar-refractivity contribution in [3.8, 4) is 5.75 Å². The van der Waals surface area contributed by atoms with Crippen molar-refractivity contribution in [3.63, 3.8) is 0 Å². The van der Waals surface area contributed by atoms with Crippen molar-refractivity contribution in [2.45, 2.75) is 25.0 Å². The van der Waals surface area contributed by atoms with E-state index in [4.69, 9.17) is 4.74 Å². The quantitative estimate of drug-likeness (QED) is 0.643. The largest absolute Gasteiger partial charge is 0.497 e. The molecule has 7 nitrogen and oxygen atoms in total. The lowest BCUT2D eigenvalue weighted by Gasteiger charge is -2.38. The minimum Gasteiger partial charge on any atom is -0.497 e. The van der Waals surface area contributed by atoms with E-state index in [1.165, 1.54) is 31.2 Å².